The number of anilines is 1. The second-order valence-electron chi connectivity index (χ2n) is 8.72. The molecule has 0 saturated carbocycles. The van der Waals surface area contributed by atoms with Crippen LogP contribution in [0.5, 0.6) is 5.75 Å². The number of sulfonamides is 1. The maximum absolute atomic E-state index is 13.1. The van der Waals surface area contributed by atoms with E-state index in [0.29, 0.717) is 25.4 Å². The highest BCUT2D eigenvalue weighted by molar-refractivity contribution is 7.89. The van der Waals surface area contributed by atoms with Crippen LogP contribution in [0.25, 0.3) is 0 Å². The average molecular weight is 472 g/mol. The van der Waals surface area contributed by atoms with E-state index in [9.17, 15) is 13.2 Å². The lowest BCUT2D eigenvalue weighted by atomic mass is 10.1. The smallest absolute Gasteiger partial charge is 0.255 e. The molecular weight excluding hydrogens is 438 g/mol. The molecular formula is C25H33N3O4S. The second kappa shape index (κ2) is 10.6. The van der Waals surface area contributed by atoms with Gasteiger partial charge in [0.1, 0.15) is 5.75 Å². The zero-order valence-corrected chi connectivity index (χ0v) is 20.1. The van der Waals surface area contributed by atoms with Crippen LogP contribution in [0.3, 0.4) is 0 Å². The van der Waals surface area contributed by atoms with E-state index in [-0.39, 0.29) is 16.4 Å². The van der Waals surface area contributed by atoms with Crippen molar-refractivity contribution in [3.63, 3.8) is 0 Å². The summed E-state index contributed by atoms with van der Waals surface area (Å²) < 4.78 is 32.9. The van der Waals surface area contributed by atoms with E-state index < -0.39 is 10.0 Å². The van der Waals surface area contributed by atoms with Gasteiger partial charge in [-0.05, 0) is 68.0 Å². The standard InChI is InChI=1S/C25H33N3O4S/c1-32-24-13-12-22(33(30,31)28-16-6-3-7-17-28)18-23(24)25(29)26-19-20-8-10-21(11-9-20)27-14-4-2-5-15-27/h8-13,18H,2-7,14-17,19H2,1H3,(H,26,29). The lowest BCUT2D eigenvalue weighted by molar-refractivity contribution is 0.0947. The first-order valence-electron chi connectivity index (χ1n) is 11.8. The Labute approximate surface area is 196 Å². The minimum Gasteiger partial charge on any atom is -0.496 e. The van der Waals surface area contributed by atoms with Gasteiger partial charge >= 0.3 is 0 Å². The summed E-state index contributed by atoms with van der Waals surface area (Å²) in [4.78, 5) is 15.5. The van der Waals surface area contributed by atoms with E-state index in [1.54, 1.807) is 6.07 Å². The number of rotatable bonds is 7. The molecule has 0 unspecified atom stereocenters. The molecule has 0 bridgehead atoms. The molecule has 2 fully saturated rings. The summed E-state index contributed by atoms with van der Waals surface area (Å²) in [5.41, 5.74) is 2.42. The molecule has 0 aliphatic carbocycles. The monoisotopic (exact) mass is 471 g/mol. The molecule has 1 N–H and O–H groups in total. The Morgan fingerprint density at radius 1 is 0.909 bits per heavy atom. The third-order valence-electron chi connectivity index (χ3n) is 6.48. The predicted molar refractivity (Wildman–Crippen MR) is 129 cm³/mol. The molecule has 2 saturated heterocycles. The van der Waals surface area contributed by atoms with Gasteiger partial charge in [-0.25, -0.2) is 8.42 Å². The number of hydrogen-bond acceptors (Lipinski definition) is 5. The lowest BCUT2D eigenvalue weighted by Crippen LogP contribution is -2.35. The van der Waals surface area contributed by atoms with Crippen molar-refractivity contribution < 1.29 is 17.9 Å². The number of methoxy groups -OCH3 is 1. The fourth-order valence-corrected chi connectivity index (χ4v) is 6.08. The highest BCUT2D eigenvalue weighted by Gasteiger charge is 2.27. The number of amides is 1. The van der Waals surface area contributed by atoms with Crippen LogP contribution in [-0.4, -0.2) is 51.9 Å². The van der Waals surface area contributed by atoms with Gasteiger partial charge in [-0.15, -0.1) is 0 Å². The number of benzene rings is 2. The van der Waals surface area contributed by atoms with E-state index in [0.717, 1.165) is 37.9 Å². The molecule has 2 aromatic rings. The summed E-state index contributed by atoms with van der Waals surface area (Å²) in [6.45, 7) is 3.57. The van der Waals surface area contributed by atoms with E-state index in [1.165, 1.54) is 48.5 Å². The van der Waals surface area contributed by atoms with E-state index >= 15 is 0 Å². The van der Waals surface area contributed by atoms with Crippen molar-refractivity contribution in [1.29, 1.82) is 0 Å². The van der Waals surface area contributed by atoms with Crippen LogP contribution in [0.4, 0.5) is 5.69 Å². The lowest BCUT2D eigenvalue weighted by Gasteiger charge is -2.28. The topological polar surface area (TPSA) is 79.0 Å². The largest absolute Gasteiger partial charge is 0.496 e. The second-order valence-corrected chi connectivity index (χ2v) is 10.7. The molecule has 0 atom stereocenters. The Morgan fingerprint density at radius 2 is 1.55 bits per heavy atom. The minimum absolute atomic E-state index is 0.126. The Bertz CT molecular complexity index is 1060. The molecule has 2 aliphatic rings. The van der Waals surface area contributed by atoms with Gasteiger partial charge in [-0.2, -0.15) is 4.31 Å². The number of carbonyl (C=O) groups excluding carboxylic acids is 1. The third kappa shape index (κ3) is 5.50. The van der Waals surface area contributed by atoms with Crippen LogP contribution in [-0.2, 0) is 16.6 Å². The van der Waals surface area contributed by atoms with Gasteiger partial charge in [-0.1, -0.05) is 18.6 Å². The summed E-state index contributed by atoms with van der Waals surface area (Å²) in [7, 11) is -2.16. The number of nitrogens with zero attached hydrogens (tertiary/aromatic N) is 2. The first kappa shape index (κ1) is 23.6. The molecule has 0 aromatic heterocycles. The SMILES string of the molecule is COc1ccc(S(=O)(=O)N2CCCCC2)cc1C(=O)NCc1ccc(N2CCCCC2)cc1. The van der Waals surface area contributed by atoms with Crippen LogP contribution < -0.4 is 15.0 Å². The van der Waals surface area contributed by atoms with Gasteiger partial charge in [0.25, 0.3) is 5.91 Å². The summed E-state index contributed by atoms with van der Waals surface area (Å²) in [6.07, 6.45) is 6.52. The van der Waals surface area contributed by atoms with Crippen molar-refractivity contribution in [2.75, 3.05) is 38.2 Å². The molecule has 33 heavy (non-hydrogen) atoms. The van der Waals surface area contributed by atoms with E-state index in [2.05, 4.69) is 22.3 Å². The summed E-state index contributed by atoms with van der Waals surface area (Å²) in [6, 6.07) is 12.7. The third-order valence-corrected chi connectivity index (χ3v) is 8.37. The molecule has 178 valence electrons. The number of hydrogen-bond donors (Lipinski definition) is 1. The summed E-state index contributed by atoms with van der Waals surface area (Å²) in [5, 5.41) is 2.91. The zero-order valence-electron chi connectivity index (χ0n) is 19.3. The fourth-order valence-electron chi connectivity index (χ4n) is 4.53. The minimum atomic E-state index is -3.63. The Balaban J connectivity index is 1.45. The van der Waals surface area contributed by atoms with Crippen molar-refractivity contribution >= 4 is 21.6 Å². The first-order valence-corrected chi connectivity index (χ1v) is 13.2. The van der Waals surface area contributed by atoms with Gasteiger partial charge in [0, 0.05) is 38.4 Å². The Hall–Kier alpha value is -2.58. The van der Waals surface area contributed by atoms with E-state index in [1.807, 2.05) is 12.1 Å². The molecule has 0 radical (unpaired) electrons. The molecule has 1 amide bonds. The maximum Gasteiger partial charge on any atom is 0.255 e. The Kier molecular flexibility index (Phi) is 7.55. The van der Waals surface area contributed by atoms with Gasteiger partial charge in [-0.3, -0.25) is 4.79 Å². The highest BCUT2D eigenvalue weighted by Crippen LogP contribution is 2.26. The van der Waals surface area contributed by atoms with Crippen molar-refractivity contribution in [3.05, 3.63) is 53.6 Å². The number of piperidine rings is 2. The molecule has 2 heterocycles. The quantitative estimate of drug-likeness (QED) is 0.665. The fraction of sp³-hybridized carbons (Fsp3) is 0.480. The van der Waals surface area contributed by atoms with Crippen molar-refractivity contribution in [3.8, 4) is 5.75 Å². The molecule has 2 aliphatic heterocycles. The van der Waals surface area contributed by atoms with Crippen LogP contribution in [0.2, 0.25) is 0 Å². The van der Waals surface area contributed by atoms with Gasteiger partial charge in [0.05, 0.1) is 17.6 Å². The number of carbonyl (C=O) groups is 1. The van der Waals surface area contributed by atoms with Crippen LogP contribution in [0.15, 0.2) is 47.4 Å². The number of nitrogens with one attached hydrogen (secondary N) is 1. The van der Waals surface area contributed by atoms with Crippen molar-refractivity contribution in [2.45, 2.75) is 50.0 Å². The van der Waals surface area contributed by atoms with Gasteiger partial charge in [0.15, 0.2) is 0 Å². The molecule has 4 rings (SSSR count). The van der Waals surface area contributed by atoms with Crippen LogP contribution in [0, 0.1) is 0 Å². The van der Waals surface area contributed by atoms with E-state index in [4.69, 9.17) is 4.74 Å². The van der Waals surface area contributed by atoms with Gasteiger partial charge in [0.2, 0.25) is 10.0 Å². The van der Waals surface area contributed by atoms with Crippen molar-refractivity contribution in [1.82, 2.24) is 9.62 Å². The summed E-state index contributed by atoms with van der Waals surface area (Å²) in [5.74, 6) is -0.00630. The average Bonchev–Trinajstić information content (AvgIpc) is 2.88. The molecule has 2 aromatic carbocycles. The van der Waals surface area contributed by atoms with Crippen molar-refractivity contribution in [2.24, 2.45) is 0 Å². The molecule has 0 spiro atoms. The number of ether oxygens (including phenoxy) is 1. The molecule has 8 heteroatoms. The highest BCUT2D eigenvalue weighted by atomic mass is 32.2. The zero-order chi connectivity index (χ0) is 23.3. The maximum atomic E-state index is 13.1. The first-order chi connectivity index (χ1) is 16.0. The van der Waals surface area contributed by atoms with Crippen LogP contribution >= 0.6 is 0 Å². The normalized spacial score (nSPS) is 17.5. The Morgan fingerprint density at radius 3 is 2.18 bits per heavy atom. The predicted octanol–water partition coefficient (Wildman–Crippen LogP) is 3.79. The van der Waals surface area contributed by atoms with Gasteiger partial charge < -0.3 is 15.0 Å². The summed E-state index contributed by atoms with van der Waals surface area (Å²) >= 11 is 0. The molecule has 7 nitrogen and oxygen atoms in total. The van der Waals surface area contributed by atoms with Crippen LogP contribution in [0.1, 0.15) is 54.4 Å².